The molecule has 0 aliphatic rings. The van der Waals surface area contributed by atoms with Gasteiger partial charge in [0, 0.05) is 0 Å². The van der Waals surface area contributed by atoms with Gasteiger partial charge in [0.1, 0.15) is 0 Å². The highest BCUT2D eigenvalue weighted by molar-refractivity contribution is 5.77. The van der Waals surface area contributed by atoms with Gasteiger partial charge in [-0.1, -0.05) is 12.1 Å². The molecule has 0 bridgehead atoms. The molecule has 0 aliphatic heterocycles. The standard InChI is InChI=1S/C13H7F3N2O/c14-7-5-6-10(12(16)11(7)15)18-9-4-2-1-3-8(9)17-13(18)19/h1-6H,(H,17,19). The number of H-pyrrole nitrogens is 1. The lowest BCUT2D eigenvalue weighted by molar-refractivity contribution is 0.444. The van der Waals surface area contributed by atoms with E-state index in [2.05, 4.69) is 4.98 Å². The molecule has 0 spiro atoms. The van der Waals surface area contributed by atoms with Crippen molar-refractivity contribution in [2.45, 2.75) is 0 Å². The van der Waals surface area contributed by atoms with Crippen LogP contribution in [0.5, 0.6) is 0 Å². The van der Waals surface area contributed by atoms with Gasteiger partial charge in [0.2, 0.25) is 0 Å². The summed E-state index contributed by atoms with van der Waals surface area (Å²) < 4.78 is 40.9. The van der Waals surface area contributed by atoms with E-state index in [1.807, 2.05) is 0 Å². The van der Waals surface area contributed by atoms with E-state index in [4.69, 9.17) is 0 Å². The van der Waals surface area contributed by atoms with Crippen molar-refractivity contribution in [2.75, 3.05) is 0 Å². The normalized spacial score (nSPS) is 11.1. The summed E-state index contributed by atoms with van der Waals surface area (Å²) in [4.78, 5) is 14.3. The molecule has 19 heavy (non-hydrogen) atoms. The van der Waals surface area contributed by atoms with Crippen molar-refractivity contribution in [3.63, 3.8) is 0 Å². The molecule has 3 nitrogen and oxygen atoms in total. The summed E-state index contributed by atoms with van der Waals surface area (Å²) in [5, 5.41) is 0. The Morgan fingerprint density at radius 2 is 1.68 bits per heavy atom. The molecule has 0 saturated carbocycles. The molecule has 0 fully saturated rings. The first kappa shape index (κ1) is 11.6. The fourth-order valence-electron chi connectivity index (χ4n) is 1.98. The van der Waals surface area contributed by atoms with Gasteiger partial charge < -0.3 is 4.98 Å². The van der Waals surface area contributed by atoms with Crippen molar-refractivity contribution in [3.8, 4) is 5.69 Å². The van der Waals surface area contributed by atoms with E-state index in [1.54, 1.807) is 24.3 Å². The highest BCUT2D eigenvalue weighted by Crippen LogP contribution is 2.21. The lowest BCUT2D eigenvalue weighted by atomic mass is 10.2. The zero-order chi connectivity index (χ0) is 13.6. The summed E-state index contributed by atoms with van der Waals surface area (Å²) in [6.07, 6.45) is 0. The Kier molecular flexibility index (Phi) is 2.45. The Morgan fingerprint density at radius 3 is 2.47 bits per heavy atom. The number of aromatic amines is 1. The van der Waals surface area contributed by atoms with Crippen LogP contribution < -0.4 is 5.69 Å². The first-order valence-electron chi connectivity index (χ1n) is 5.43. The predicted octanol–water partition coefficient (Wildman–Crippen LogP) is 2.74. The van der Waals surface area contributed by atoms with Crippen molar-refractivity contribution in [1.82, 2.24) is 9.55 Å². The summed E-state index contributed by atoms with van der Waals surface area (Å²) in [6.45, 7) is 0. The van der Waals surface area contributed by atoms with E-state index in [-0.39, 0.29) is 5.69 Å². The maximum atomic E-state index is 13.7. The molecule has 0 unspecified atom stereocenters. The van der Waals surface area contributed by atoms with Crippen LogP contribution in [0.2, 0.25) is 0 Å². The van der Waals surface area contributed by atoms with Gasteiger partial charge in [-0.25, -0.2) is 18.0 Å². The largest absolute Gasteiger partial charge is 0.331 e. The number of fused-ring (bicyclic) bond motifs is 1. The van der Waals surface area contributed by atoms with Gasteiger partial charge in [0.15, 0.2) is 17.5 Å². The number of hydrogen-bond donors (Lipinski definition) is 1. The average Bonchev–Trinajstić information content (AvgIpc) is 2.73. The van der Waals surface area contributed by atoms with Crippen LogP contribution in [-0.4, -0.2) is 9.55 Å². The molecule has 3 rings (SSSR count). The van der Waals surface area contributed by atoms with Crippen molar-refractivity contribution >= 4 is 11.0 Å². The van der Waals surface area contributed by atoms with Crippen LogP contribution in [0.15, 0.2) is 41.2 Å². The number of rotatable bonds is 1. The van der Waals surface area contributed by atoms with Gasteiger partial charge >= 0.3 is 5.69 Å². The topological polar surface area (TPSA) is 37.8 Å². The molecule has 0 amide bonds. The van der Waals surface area contributed by atoms with Crippen LogP contribution in [0.1, 0.15) is 0 Å². The molecule has 0 radical (unpaired) electrons. The number of benzene rings is 2. The highest BCUT2D eigenvalue weighted by atomic mass is 19.2. The summed E-state index contributed by atoms with van der Waals surface area (Å²) in [6, 6.07) is 8.37. The Bertz CT molecular complexity index is 836. The number of hydrogen-bond acceptors (Lipinski definition) is 1. The molecule has 0 aliphatic carbocycles. The highest BCUT2D eigenvalue weighted by Gasteiger charge is 2.18. The lowest BCUT2D eigenvalue weighted by Gasteiger charge is -2.05. The van der Waals surface area contributed by atoms with Crippen molar-refractivity contribution in [2.24, 2.45) is 0 Å². The van der Waals surface area contributed by atoms with Crippen LogP contribution in [-0.2, 0) is 0 Å². The number of halogens is 3. The van der Waals surface area contributed by atoms with Gasteiger partial charge in [-0.05, 0) is 24.3 Å². The van der Waals surface area contributed by atoms with Crippen LogP contribution in [0.25, 0.3) is 16.7 Å². The van der Waals surface area contributed by atoms with E-state index in [9.17, 15) is 18.0 Å². The van der Waals surface area contributed by atoms with Crippen LogP contribution in [0.3, 0.4) is 0 Å². The van der Waals surface area contributed by atoms with Gasteiger partial charge in [-0.2, -0.15) is 0 Å². The summed E-state index contributed by atoms with van der Waals surface area (Å²) in [7, 11) is 0. The maximum Gasteiger partial charge on any atom is 0.331 e. The smallest absolute Gasteiger partial charge is 0.305 e. The molecule has 1 heterocycles. The minimum absolute atomic E-state index is 0.332. The number of aromatic nitrogens is 2. The summed E-state index contributed by atoms with van der Waals surface area (Å²) in [5.41, 5.74) is -0.0819. The second-order valence-corrected chi connectivity index (χ2v) is 3.98. The molecule has 1 N–H and O–H groups in total. The Labute approximate surface area is 104 Å². The number of nitrogens with one attached hydrogen (secondary N) is 1. The predicted molar refractivity (Wildman–Crippen MR) is 63.8 cm³/mol. The van der Waals surface area contributed by atoms with Crippen LogP contribution in [0.4, 0.5) is 13.2 Å². The molecule has 2 aromatic carbocycles. The van der Waals surface area contributed by atoms with Gasteiger partial charge in [0.05, 0.1) is 16.7 Å². The van der Waals surface area contributed by atoms with Gasteiger partial charge in [0.25, 0.3) is 0 Å². The van der Waals surface area contributed by atoms with Crippen molar-refractivity contribution in [1.29, 1.82) is 0 Å². The fraction of sp³-hybridized carbons (Fsp3) is 0. The summed E-state index contributed by atoms with van der Waals surface area (Å²) in [5.74, 6) is -4.30. The molecule has 0 saturated heterocycles. The molecule has 3 aromatic rings. The third-order valence-electron chi connectivity index (χ3n) is 2.85. The van der Waals surface area contributed by atoms with E-state index < -0.39 is 23.1 Å². The van der Waals surface area contributed by atoms with E-state index in [0.29, 0.717) is 11.0 Å². The van der Waals surface area contributed by atoms with Crippen LogP contribution in [0, 0.1) is 17.5 Å². The van der Waals surface area contributed by atoms with Crippen molar-refractivity contribution in [3.05, 3.63) is 64.3 Å². The Morgan fingerprint density at radius 1 is 0.947 bits per heavy atom. The molecule has 1 aromatic heterocycles. The monoisotopic (exact) mass is 264 g/mol. The fourth-order valence-corrected chi connectivity index (χ4v) is 1.98. The van der Waals surface area contributed by atoms with Crippen LogP contribution >= 0.6 is 0 Å². The lowest BCUT2D eigenvalue weighted by Crippen LogP contribution is -2.16. The SMILES string of the molecule is O=c1[nH]c2ccccc2n1-c1ccc(F)c(F)c1F. The molecule has 96 valence electrons. The molecular weight excluding hydrogens is 257 g/mol. The van der Waals surface area contributed by atoms with Gasteiger partial charge in [-0.15, -0.1) is 0 Å². The number of para-hydroxylation sites is 2. The third kappa shape index (κ3) is 1.64. The Balaban J connectivity index is 2.40. The minimum Gasteiger partial charge on any atom is -0.305 e. The third-order valence-corrected chi connectivity index (χ3v) is 2.85. The first-order chi connectivity index (χ1) is 9.09. The second-order valence-electron chi connectivity index (χ2n) is 3.98. The zero-order valence-corrected chi connectivity index (χ0v) is 9.45. The quantitative estimate of drug-likeness (QED) is 0.674. The second kappa shape index (κ2) is 4.01. The zero-order valence-electron chi connectivity index (χ0n) is 9.45. The maximum absolute atomic E-state index is 13.7. The molecular formula is C13H7F3N2O. The number of imidazole rings is 1. The van der Waals surface area contributed by atoms with E-state index >= 15 is 0 Å². The minimum atomic E-state index is -1.60. The number of nitrogens with zero attached hydrogens (tertiary/aromatic N) is 1. The molecule has 6 heteroatoms. The van der Waals surface area contributed by atoms with E-state index in [1.165, 1.54) is 0 Å². The van der Waals surface area contributed by atoms with E-state index in [0.717, 1.165) is 16.7 Å². The summed E-state index contributed by atoms with van der Waals surface area (Å²) >= 11 is 0. The first-order valence-corrected chi connectivity index (χ1v) is 5.43. The molecule has 0 atom stereocenters. The van der Waals surface area contributed by atoms with Gasteiger partial charge in [-0.3, -0.25) is 4.57 Å². The van der Waals surface area contributed by atoms with Crippen molar-refractivity contribution < 1.29 is 13.2 Å². The Hall–Kier alpha value is -2.50. The average molecular weight is 264 g/mol.